The molecule has 4 nitrogen and oxygen atoms in total. The van der Waals surface area contributed by atoms with E-state index in [0.29, 0.717) is 24.5 Å². The Balaban J connectivity index is 1.62. The number of amides is 1. The smallest absolute Gasteiger partial charge is 0.266 e. The molecule has 2 saturated heterocycles. The van der Waals surface area contributed by atoms with Gasteiger partial charge in [0.1, 0.15) is 11.8 Å². The van der Waals surface area contributed by atoms with Crippen molar-refractivity contribution in [1.29, 1.82) is 0 Å². The van der Waals surface area contributed by atoms with Crippen molar-refractivity contribution in [2.45, 2.75) is 44.9 Å². The predicted molar refractivity (Wildman–Crippen MR) is 100 cm³/mol. The van der Waals surface area contributed by atoms with Gasteiger partial charge >= 0.3 is 0 Å². The molecule has 1 amide bonds. The molecule has 4 rings (SSSR count). The number of hydrogen-bond donors (Lipinski definition) is 0. The Morgan fingerprint density at radius 1 is 1.14 bits per heavy atom. The van der Waals surface area contributed by atoms with E-state index >= 15 is 0 Å². The highest BCUT2D eigenvalue weighted by Crippen LogP contribution is 2.39. The Morgan fingerprint density at radius 2 is 1.96 bits per heavy atom. The van der Waals surface area contributed by atoms with Crippen LogP contribution in [0.3, 0.4) is 0 Å². The minimum atomic E-state index is -0.931. The molecule has 3 atom stereocenters. The molecule has 148 valence electrons. The average Bonchev–Trinajstić information content (AvgIpc) is 3.19. The molecule has 0 saturated carbocycles. The molecule has 0 aromatic heterocycles. The van der Waals surface area contributed by atoms with E-state index in [1.807, 2.05) is 32.0 Å². The van der Waals surface area contributed by atoms with Crippen molar-refractivity contribution >= 4 is 5.91 Å². The molecular formula is C22H23F2NO3. The quantitative estimate of drug-likeness (QED) is 0.726. The molecule has 0 spiro atoms. The lowest BCUT2D eigenvalue weighted by Crippen LogP contribution is -2.62. The van der Waals surface area contributed by atoms with Crippen LogP contribution in [0.1, 0.15) is 35.6 Å². The van der Waals surface area contributed by atoms with Gasteiger partial charge in [-0.15, -0.1) is 0 Å². The Bertz CT molecular complexity index is 895. The summed E-state index contributed by atoms with van der Waals surface area (Å²) in [5, 5.41) is 0. The van der Waals surface area contributed by atoms with Gasteiger partial charge in [0.2, 0.25) is 6.10 Å². The summed E-state index contributed by atoms with van der Waals surface area (Å²) in [5.41, 5.74) is 2.46. The second kappa shape index (κ2) is 7.51. The maximum atomic E-state index is 13.9. The zero-order valence-corrected chi connectivity index (χ0v) is 16.0. The number of β-lactam (4-membered cyclic amide) rings is 1. The lowest BCUT2D eigenvalue weighted by atomic mass is 9.89. The first-order valence-corrected chi connectivity index (χ1v) is 9.55. The summed E-state index contributed by atoms with van der Waals surface area (Å²) in [6.45, 7) is 4.97. The largest absolute Gasteiger partial charge is 0.478 e. The fourth-order valence-electron chi connectivity index (χ4n) is 3.87. The molecule has 2 aromatic carbocycles. The molecule has 2 aliphatic heterocycles. The summed E-state index contributed by atoms with van der Waals surface area (Å²) in [6.07, 6.45) is 1.05. The first kappa shape index (κ1) is 18.9. The molecule has 0 N–H and O–H groups in total. The van der Waals surface area contributed by atoms with Crippen LogP contribution in [0.4, 0.5) is 8.78 Å². The molecule has 0 unspecified atom stereocenters. The zero-order valence-electron chi connectivity index (χ0n) is 16.0. The maximum absolute atomic E-state index is 13.9. The van der Waals surface area contributed by atoms with Crippen LogP contribution in [0.5, 0.6) is 5.75 Å². The fraction of sp³-hybridized carbons (Fsp3) is 0.409. The van der Waals surface area contributed by atoms with Gasteiger partial charge in [-0.25, -0.2) is 8.78 Å². The van der Waals surface area contributed by atoms with E-state index in [4.69, 9.17) is 9.47 Å². The van der Waals surface area contributed by atoms with Gasteiger partial charge in [0.15, 0.2) is 11.6 Å². The van der Waals surface area contributed by atoms with Crippen LogP contribution in [-0.2, 0) is 9.53 Å². The van der Waals surface area contributed by atoms with E-state index in [0.717, 1.165) is 36.1 Å². The minimum Gasteiger partial charge on any atom is -0.478 e. The highest BCUT2D eigenvalue weighted by molar-refractivity contribution is 5.89. The molecule has 0 radical (unpaired) electrons. The van der Waals surface area contributed by atoms with Crippen molar-refractivity contribution in [2.75, 3.05) is 13.2 Å². The number of ether oxygens (including phenoxy) is 2. The monoisotopic (exact) mass is 387 g/mol. The van der Waals surface area contributed by atoms with Crippen LogP contribution in [0, 0.1) is 25.5 Å². The third-order valence-electron chi connectivity index (χ3n) is 5.46. The number of benzene rings is 2. The molecular weight excluding hydrogens is 364 g/mol. The topological polar surface area (TPSA) is 38.8 Å². The third kappa shape index (κ3) is 3.49. The Kier molecular flexibility index (Phi) is 5.06. The summed E-state index contributed by atoms with van der Waals surface area (Å²) >= 11 is 0. The van der Waals surface area contributed by atoms with E-state index in [9.17, 15) is 13.6 Å². The van der Waals surface area contributed by atoms with Gasteiger partial charge in [0.05, 0.1) is 6.10 Å². The lowest BCUT2D eigenvalue weighted by Gasteiger charge is -2.47. The van der Waals surface area contributed by atoms with E-state index < -0.39 is 23.8 Å². The third-order valence-corrected chi connectivity index (χ3v) is 5.46. The zero-order chi connectivity index (χ0) is 19.8. The molecule has 2 aliphatic rings. The molecule has 2 heterocycles. The SMILES string of the molecule is Cc1ccc(C)c(O[C@@H]2C(=O)N(C[C@H]3CCCO3)[C@H]2c2ccc(F)c(F)c2)c1. The van der Waals surface area contributed by atoms with Crippen LogP contribution in [0.2, 0.25) is 0 Å². The number of carbonyl (C=O) groups excluding carboxylic acids is 1. The number of aryl methyl sites for hydroxylation is 2. The summed E-state index contributed by atoms with van der Waals surface area (Å²) < 4.78 is 39.0. The van der Waals surface area contributed by atoms with E-state index in [1.165, 1.54) is 6.07 Å². The van der Waals surface area contributed by atoms with Gasteiger partial charge in [-0.2, -0.15) is 0 Å². The first-order chi connectivity index (χ1) is 13.4. The van der Waals surface area contributed by atoms with Crippen LogP contribution in [0.15, 0.2) is 36.4 Å². The van der Waals surface area contributed by atoms with Crippen LogP contribution in [0.25, 0.3) is 0 Å². The van der Waals surface area contributed by atoms with Gasteiger partial charge in [-0.1, -0.05) is 18.2 Å². The normalized spacial score (nSPS) is 24.4. The standard InChI is InChI=1S/C22H23F2NO3/c1-13-5-6-14(2)19(10-13)28-21-20(15-7-8-17(23)18(24)11-15)25(22(21)26)12-16-4-3-9-27-16/h5-8,10-11,16,20-21H,3-4,9,12H2,1-2H3/t16-,20+,21+/m1/s1. The average molecular weight is 387 g/mol. The summed E-state index contributed by atoms with van der Waals surface area (Å²) in [6, 6.07) is 9.06. The van der Waals surface area contributed by atoms with E-state index in [2.05, 4.69) is 0 Å². The Morgan fingerprint density at radius 3 is 2.68 bits per heavy atom. The van der Waals surface area contributed by atoms with Crippen molar-refractivity contribution in [1.82, 2.24) is 4.90 Å². The number of halogens is 2. The van der Waals surface area contributed by atoms with E-state index in [-0.39, 0.29) is 12.0 Å². The maximum Gasteiger partial charge on any atom is 0.266 e. The molecule has 28 heavy (non-hydrogen) atoms. The van der Waals surface area contributed by atoms with Crippen LogP contribution >= 0.6 is 0 Å². The predicted octanol–water partition coefficient (Wildman–Crippen LogP) is 4.09. The van der Waals surface area contributed by atoms with E-state index in [1.54, 1.807) is 4.90 Å². The van der Waals surface area contributed by atoms with Crippen molar-refractivity contribution in [3.8, 4) is 5.75 Å². The summed E-state index contributed by atoms with van der Waals surface area (Å²) in [5.74, 6) is -1.37. The van der Waals surface area contributed by atoms with Gasteiger partial charge in [-0.3, -0.25) is 4.79 Å². The number of hydrogen-bond acceptors (Lipinski definition) is 3. The highest BCUT2D eigenvalue weighted by Gasteiger charge is 2.51. The van der Waals surface area contributed by atoms with Crippen LogP contribution in [-0.4, -0.2) is 36.2 Å². The van der Waals surface area contributed by atoms with Crippen molar-refractivity contribution in [2.24, 2.45) is 0 Å². The molecule has 2 fully saturated rings. The van der Waals surface area contributed by atoms with Gasteiger partial charge in [-0.05, 0) is 61.6 Å². The minimum absolute atomic E-state index is 0.0293. The number of rotatable bonds is 5. The Hall–Kier alpha value is -2.47. The first-order valence-electron chi connectivity index (χ1n) is 9.55. The second-order valence-corrected chi connectivity index (χ2v) is 7.55. The fourth-order valence-corrected chi connectivity index (χ4v) is 3.87. The summed E-state index contributed by atoms with van der Waals surface area (Å²) in [4.78, 5) is 14.5. The Labute approximate surface area is 163 Å². The van der Waals surface area contributed by atoms with Crippen molar-refractivity contribution in [3.63, 3.8) is 0 Å². The number of likely N-dealkylation sites (tertiary alicyclic amines) is 1. The number of carbonyl (C=O) groups is 1. The van der Waals surface area contributed by atoms with Crippen LogP contribution < -0.4 is 4.74 Å². The van der Waals surface area contributed by atoms with Gasteiger partial charge in [0, 0.05) is 13.2 Å². The molecule has 0 bridgehead atoms. The van der Waals surface area contributed by atoms with Gasteiger partial charge in [0.25, 0.3) is 5.91 Å². The molecule has 2 aromatic rings. The van der Waals surface area contributed by atoms with Crippen molar-refractivity contribution < 1.29 is 23.0 Å². The number of nitrogens with zero attached hydrogens (tertiary/aromatic N) is 1. The van der Waals surface area contributed by atoms with Gasteiger partial charge < -0.3 is 14.4 Å². The molecule has 6 heteroatoms. The highest BCUT2D eigenvalue weighted by atomic mass is 19.2. The molecule has 0 aliphatic carbocycles. The summed E-state index contributed by atoms with van der Waals surface area (Å²) in [7, 11) is 0. The second-order valence-electron chi connectivity index (χ2n) is 7.55. The lowest BCUT2D eigenvalue weighted by molar-refractivity contribution is -0.167. The van der Waals surface area contributed by atoms with Crippen molar-refractivity contribution in [3.05, 3.63) is 64.7 Å².